The number of aryl methyl sites for hydroxylation is 1. The topological polar surface area (TPSA) is 55.6 Å². The van der Waals surface area contributed by atoms with Crippen LogP contribution in [0.5, 0.6) is 0 Å². The lowest BCUT2D eigenvalue weighted by Gasteiger charge is -2.02. The van der Waals surface area contributed by atoms with E-state index in [-0.39, 0.29) is 0 Å². The summed E-state index contributed by atoms with van der Waals surface area (Å²) in [6, 6.07) is 0. The van der Waals surface area contributed by atoms with Crippen LogP contribution < -0.4 is 5.32 Å². The lowest BCUT2D eigenvalue weighted by atomic mass is 10.6. The minimum absolute atomic E-state index is 0.802. The molecule has 0 aromatic carbocycles. The van der Waals surface area contributed by atoms with Crippen LogP contribution >= 0.6 is 11.8 Å². The number of aromatic nitrogens is 4. The van der Waals surface area contributed by atoms with Gasteiger partial charge in [0.05, 0.1) is 23.5 Å². The van der Waals surface area contributed by atoms with Crippen LogP contribution in [0, 0.1) is 0 Å². The number of hydrogen-bond acceptors (Lipinski definition) is 5. The van der Waals surface area contributed by atoms with Gasteiger partial charge in [0.1, 0.15) is 10.8 Å². The molecule has 0 aliphatic rings. The molecular weight excluding hydrogens is 222 g/mol. The Labute approximate surface area is 98.3 Å². The molecule has 16 heavy (non-hydrogen) atoms. The second-order valence-corrected chi connectivity index (χ2v) is 4.32. The van der Waals surface area contributed by atoms with E-state index in [0.29, 0.717) is 0 Å². The van der Waals surface area contributed by atoms with Crippen molar-refractivity contribution in [3.8, 4) is 0 Å². The van der Waals surface area contributed by atoms with Gasteiger partial charge < -0.3 is 5.32 Å². The standard InChI is InChI=1S/C10H13N5S/c1-3-12-9-5-11-6-10(14-9)16-8-4-13-15(2)7-8/h4-7H,3H2,1-2H3,(H,12,14). The molecule has 2 aromatic heterocycles. The lowest BCUT2D eigenvalue weighted by Crippen LogP contribution is -1.99. The summed E-state index contributed by atoms with van der Waals surface area (Å²) in [6.07, 6.45) is 7.23. The van der Waals surface area contributed by atoms with Crippen LogP contribution in [0.25, 0.3) is 0 Å². The minimum Gasteiger partial charge on any atom is -0.369 e. The highest BCUT2D eigenvalue weighted by atomic mass is 32.2. The van der Waals surface area contributed by atoms with E-state index in [2.05, 4.69) is 20.4 Å². The number of hydrogen-bond donors (Lipinski definition) is 1. The lowest BCUT2D eigenvalue weighted by molar-refractivity contribution is 0.766. The van der Waals surface area contributed by atoms with Gasteiger partial charge in [-0.2, -0.15) is 5.10 Å². The number of nitrogens with one attached hydrogen (secondary N) is 1. The van der Waals surface area contributed by atoms with Crippen molar-refractivity contribution in [1.29, 1.82) is 0 Å². The summed E-state index contributed by atoms with van der Waals surface area (Å²) < 4.78 is 1.77. The molecule has 0 amide bonds. The molecule has 2 rings (SSSR count). The maximum atomic E-state index is 4.42. The van der Waals surface area contributed by atoms with Crippen molar-refractivity contribution < 1.29 is 0 Å². The van der Waals surface area contributed by atoms with Crippen molar-refractivity contribution in [2.75, 3.05) is 11.9 Å². The van der Waals surface area contributed by atoms with Gasteiger partial charge in [0.2, 0.25) is 0 Å². The van der Waals surface area contributed by atoms with Crippen molar-refractivity contribution in [3.63, 3.8) is 0 Å². The van der Waals surface area contributed by atoms with Gasteiger partial charge in [0, 0.05) is 19.8 Å². The van der Waals surface area contributed by atoms with Gasteiger partial charge in [0.15, 0.2) is 0 Å². The van der Waals surface area contributed by atoms with Gasteiger partial charge >= 0.3 is 0 Å². The second-order valence-electron chi connectivity index (χ2n) is 3.22. The molecule has 2 heterocycles. The van der Waals surface area contributed by atoms with E-state index in [0.717, 1.165) is 22.3 Å². The van der Waals surface area contributed by atoms with E-state index in [9.17, 15) is 0 Å². The summed E-state index contributed by atoms with van der Waals surface area (Å²) >= 11 is 1.55. The fourth-order valence-corrected chi connectivity index (χ4v) is 2.04. The summed E-state index contributed by atoms with van der Waals surface area (Å²) in [5.74, 6) is 0.802. The molecule has 1 N–H and O–H groups in total. The Morgan fingerprint density at radius 1 is 1.38 bits per heavy atom. The molecule has 5 nitrogen and oxygen atoms in total. The molecule has 84 valence electrons. The quantitative estimate of drug-likeness (QED) is 0.875. The van der Waals surface area contributed by atoms with Crippen LogP contribution in [0.1, 0.15) is 6.92 Å². The Balaban J connectivity index is 2.12. The third kappa shape index (κ3) is 2.73. The summed E-state index contributed by atoms with van der Waals surface area (Å²) in [7, 11) is 1.89. The highest BCUT2D eigenvalue weighted by Gasteiger charge is 2.02. The highest BCUT2D eigenvalue weighted by Crippen LogP contribution is 2.25. The van der Waals surface area contributed by atoms with E-state index < -0.39 is 0 Å². The molecule has 0 atom stereocenters. The predicted molar refractivity (Wildman–Crippen MR) is 63.5 cm³/mol. The zero-order valence-electron chi connectivity index (χ0n) is 9.21. The Hall–Kier alpha value is -1.56. The van der Waals surface area contributed by atoms with Crippen molar-refractivity contribution in [2.45, 2.75) is 16.8 Å². The third-order valence-electron chi connectivity index (χ3n) is 1.87. The second kappa shape index (κ2) is 4.98. The first kappa shape index (κ1) is 10.9. The van der Waals surface area contributed by atoms with Crippen LogP contribution in [-0.4, -0.2) is 26.3 Å². The van der Waals surface area contributed by atoms with Crippen LogP contribution in [-0.2, 0) is 7.05 Å². The molecule has 0 fully saturated rings. The molecule has 0 aliphatic carbocycles. The van der Waals surface area contributed by atoms with Crippen LogP contribution in [0.15, 0.2) is 34.7 Å². The number of anilines is 1. The summed E-state index contributed by atoms with van der Waals surface area (Å²) in [5, 5.41) is 8.10. The molecule has 6 heteroatoms. The average Bonchev–Trinajstić information content (AvgIpc) is 2.65. The van der Waals surface area contributed by atoms with E-state index in [1.54, 1.807) is 28.8 Å². The van der Waals surface area contributed by atoms with Gasteiger partial charge in [-0.1, -0.05) is 11.8 Å². The molecule has 0 aliphatic heterocycles. The Morgan fingerprint density at radius 3 is 2.94 bits per heavy atom. The largest absolute Gasteiger partial charge is 0.369 e. The van der Waals surface area contributed by atoms with E-state index in [1.165, 1.54) is 0 Å². The van der Waals surface area contributed by atoms with Crippen molar-refractivity contribution in [1.82, 2.24) is 19.7 Å². The first-order valence-corrected chi connectivity index (χ1v) is 5.82. The van der Waals surface area contributed by atoms with Crippen LogP contribution in [0.3, 0.4) is 0 Å². The molecule has 0 saturated heterocycles. The Kier molecular flexibility index (Phi) is 3.40. The number of nitrogens with zero attached hydrogens (tertiary/aromatic N) is 4. The summed E-state index contributed by atoms with van der Waals surface area (Å²) in [6.45, 7) is 2.87. The molecule has 0 saturated carbocycles. The van der Waals surface area contributed by atoms with E-state index >= 15 is 0 Å². The maximum absolute atomic E-state index is 4.42. The zero-order valence-corrected chi connectivity index (χ0v) is 10.0. The molecular formula is C10H13N5S. The van der Waals surface area contributed by atoms with Crippen molar-refractivity contribution in [2.24, 2.45) is 7.05 Å². The molecule has 0 bridgehead atoms. The van der Waals surface area contributed by atoms with E-state index in [4.69, 9.17) is 0 Å². The first-order chi connectivity index (χ1) is 7.78. The summed E-state index contributed by atoms with van der Waals surface area (Å²) in [5.41, 5.74) is 0. The maximum Gasteiger partial charge on any atom is 0.145 e. The van der Waals surface area contributed by atoms with Crippen LogP contribution in [0.2, 0.25) is 0 Å². The van der Waals surface area contributed by atoms with Gasteiger partial charge in [-0.15, -0.1) is 0 Å². The number of rotatable bonds is 4. The molecule has 0 spiro atoms. The fraction of sp³-hybridized carbons (Fsp3) is 0.300. The predicted octanol–water partition coefficient (Wildman–Crippen LogP) is 1.79. The fourth-order valence-electron chi connectivity index (χ4n) is 1.24. The molecule has 0 unspecified atom stereocenters. The van der Waals surface area contributed by atoms with Gasteiger partial charge in [-0.05, 0) is 6.92 Å². The van der Waals surface area contributed by atoms with Gasteiger partial charge in [0.25, 0.3) is 0 Å². The van der Waals surface area contributed by atoms with Crippen molar-refractivity contribution >= 4 is 17.6 Å². The normalized spacial score (nSPS) is 10.4. The highest BCUT2D eigenvalue weighted by molar-refractivity contribution is 7.99. The van der Waals surface area contributed by atoms with Crippen LogP contribution in [0.4, 0.5) is 5.82 Å². The average molecular weight is 235 g/mol. The monoisotopic (exact) mass is 235 g/mol. The summed E-state index contributed by atoms with van der Waals surface area (Å²) in [4.78, 5) is 9.61. The smallest absolute Gasteiger partial charge is 0.145 e. The van der Waals surface area contributed by atoms with Crippen molar-refractivity contribution in [3.05, 3.63) is 24.8 Å². The Morgan fingerprint density at radius 2 is 2.25 bits per heavy atom. The first-order valence-electron chi connectivity index (χ1n) is 5.00. The van der Waals surface area contributed by atoms with E-state index in [1.807, 2.05) is 26.4 Å². The molecule has 2 aromatic rings. The zero-order chi connectivity index (χ0) is 11.4. The molecule has 0 radical (unpaired) electrons. The van der Waals surface area contributed by atoms with Gasteiger partial charge in [-0.3, -0.25) is 9.67 Å². The minimum atomic E-state index is 0.802. The Bertz CT molecular complexity index is 468. The third-order valence-corrected chi connectivity index (χ3v) is 2.73. The van der Waals surface area contributed by atoms with Gasteiger partial charge in [-0.25, -0.2) is 4.98 Å². The SMILES string of the molecule is CCNc1cncc(Sc2cnn(C)c2)n1.